The van der Waals surface area contributed by atoms with E-state index >= 15 is 0 Å². The summed E-state index contributed by atoms with van der Waals surface area (Å²) in [5.74, 6) is -3.57. The first kappa shape index (κ1) is 20.0. The number of halogens is 1. The molecule has 0 aromatic heterocycles. The molecule has 8 heteroatoms. The Kier molecular flexibility index (Phi) is 5.76. The summed E-state index contributed by atoms with van der Waals surface area (Å²) in [6.07, 6.45) is 3.07. The van der Waals surface area contributed by atoms with Crippen molar-refractivity contribution < 1.29 is 33.0 Å². The summed E-state index contributed by atoms with van der Waals surface area (Å²) < 4.78 is 23.5. The van der Waals surface area contributed by atoms with Gasteiger partial charge in [-0.15, -0.1) is 0 Å². The second-order valence-corrected chi connectivity index (χ2v) is 7.10. The van der Waals surface area contributed by atoms with Crippen molar-refractivity contribution in [2.24, 2.45) is 11.8 Å². The first-order valence-electron chi connectivity index (χ1n) is 9.25. The lowest BCUT2D eigenvalue weighted by Crippen LogP contribution is -2.44. The zero-order valence-electron chi connectivity index (χ0n) is 15.8. The van der Waals surface area contributed by atoms with Gasteiger partial charge in [-0.25, -0.2) is 9.18 Å². The number of fused-ring (bicyclic) bond motifs is 1. The fraction of sp³-hybridized carbons (Fsp3) is 0.500. The van der Waals surface area contributed by atoms with Crippen LogP contribution >= 0.6 is 0 Å². The van der Waals surface area contributed by atoms with Crippen LogP contribution in [0.4, 0.5) is 4.39 Å². The van der Waals surface area contributed by atoms with E-state index in [1.165, 1.54) is 26.2 Å². The molecule has 2 aliphatic rings. The number of carbonyl (C=O) groups is 4. The molecule has 0 radical (unpaired) electrons. The predicted octanol–water partition coefficient (Wildman–Crippen LogP) is 2.12. The summed E-state index contributed by atoms with van der Waals surface area (Å²) in [4.78, 5) is 50.5. The van der Waals surface area contributed by atoms with Crippen LogP contribution in [0.25, 0.3) is 0 Å². The van der Waals surface area contributed by atoms with Crippen molar-refractivity contribution in [1.82, 2.24) is 4.90 Å². The standard InChI is InChI=1S/C20H22FNO6/c1-11(22-18(24)13-5-3-4-6-14(13)19(22)25)20(26)28-10-16(23)12-7-8-17(27-2)15(21)9-12/h7-9,11,13-14H,3-6,10H2,1-2H3/t11-,13?,14?/m0/s1. The van der Waals surface area contributed by atoms with E-state index in [4.69, 9.17) is 9.47 Å². The zero-order chi connectivity index (χ0) is 20.4. The molecule has 1 heterocycles. The highest BCUT2D eigenvalue weighted by molar-refractivity contribution is 6.08. The molecule has 28 heavy (non-hydrogen) atoms. The van der Waals surface area contributed by atoms with Crippen molar-refractivity contribution in [3.8, 4) is 5.75 Å². The summed E-state index contributed by atoms with van der Waals surface area (Å²) in [5, 5.41) is 0. The average Bonchev–Trinajstić information content (AvgIpc) is 2.96. The molecule has 3 rings (SSSR count). The minimum Gasteiger partial charge on any atom is -0.494 e. The Labute approximate surface area is 161 Å². The maximum absolute atomic E-state index is 13.7. The van der Waals surface area contributed by atoms with Crippen molar-refractivity contribution in [2.75, 3.05) is 13.7 Å². The molecule has 1 saturated carbocycles. The van der Waals surface area contributed by atoms with Crippen molar-refractivity contribution in [3.05, 3.63) is 29.6 Å². The molecule has 0 N–H and O–H groups in total. The van der Waals surface area contributed by atoms with Crippen molar-refractivity contribution >= 4 is 23.6 Å². The number of imide groups is 1. The summed E-state index contributed by atoms with van der Waals surface area (Å²) in [5.41, 5.74) is 0.0260. The van der Waals surface area contributed by atoms with E-state index in [-0.39, 0.29) is 35.0 Å². The Morgan fingerprint density at radius 2 is 1.79 bits per heavy atom. The second-order valence-electron chi connectivity index (χ2n) is 7.10. The number of carbonyl (C=O) groups excluding carboxylic acids is 4. The third-order valence-electron chi connectivity index (χ3n) is 5.42. The van der Waals surface area contributed by atoms with E-state index in [0.29, 0.717) is 12.8 Å². The number of rotatable bonds is 6. The first-order chi connectivity index (χ1) is 13.3. The number of esters is 1. The van der Waals surface area contributed by atoms with Gasteiger partial charge in [-0.3, -0.25) is 19.3 Å². The Balaban J connectivity index is 1.61. The number of hydrogen-bond donors (Lipinski definition) is 0. The molecule has 0 spiro atoms. The minimum absolute atomic E-state index is 0.00491. The van der Waals surface area contributed by atoms with Gasteiger partial charge in [0.05, 0.1) is 18.9 Å². The third-order valence-corrected chi connectivity index (χ3v) is 5.42. The monoisotopic (exact) mass is 391 g/mol. The number of nitrogens with zero attached hydrogens (tertiary/aromatic N) is 1. The Morgan fingerprint density at radius 1 is 1.18 bits per heavy atom. The molecule has 1 saturated heterocycles. The van der Waals surface area contributed by atoms with Crippen LogP contribution in [0.5, 0.6) is 5.75 Å². The molecular weight excluding hydrogens is 369 g/mol. The maximum atomic E-state index is 13.7. The normalized spacial score (nSPS) is 22.6. The molecule has 1 aromatic rings. The van der Waals surface area contributed by atoms with Gasteiger partial charge in [-0.1, -0.05) is 12.8 Å². The van der Waals surface area contributed by atoms with Gasteiger partial charge in [0.2, 0.25) is 11.8 Å². The number of ketones is 1. The number of methoxy groups -OCH3 is 1. The smallest absolute Gasteiger partial charge is 0.329 e. The highest BCUT2D eigenvalue weighted by Gasteiger charge is 2.51. The number of hydrogen-bond acceptors (Lipinski definition) is 6. The van der Waals surface area contributed by atoms with E-state index in [2.05, 4.69) is 0 Å². The van der Waals surface area contributed by atoms with Gasteiger partial charge in [0.25, 0.3) is 0 Å². The molecule has 1 aromatic carbocycles. The Bertz CT molecular complexity index is 799. The van der Waals surface area contributed by atoms with Crippen LogP contribution in [-0.4, -0.2) is 48.2 Å². The molecule has 2 fully saturated rings. The Morgan fingerprint density at radius 3 is 2.32 bits per heavy atom. The van der Waals surface area contributed by atoms with Gasteiger partial charge >= 0.3 is 5.97 Å². The average molecular weight is 391 g/mol. The van der Waals surface area contributed by atoms with Gasteiger partial charge in [0.15, 0.2) is 24.0 Å². The number of amides is 2. The van der Waals surface area contributed by atoms with Crippen LogP contribution in [0, 0.1) is 17.7 Å². The summed E-state index contributed by atoms with van der Waals surface area (Å²) >= 11 is 0. The Hall–Kier alpha value is -2.77. The molecule has 2 unspecified atom stereocenters. The summed E-state index contributed by atoms with van der Waals surface area (Å²) in [7, 11) is 1.31. The lowest BCUT2D eigenvalue weighted by Gasteiger charge is -2.21. The van der Waals surface area contributed by atoms with Gasteiger partial charge in [-0.05, 0) is 38.0 Å². The number of Topliss-reactive ketones (excluding diaryl/α,β-unsaturated/α-hetero) is 1. The zero-order valence-corrected chi connectivity index (χ0v) is 15.8. The van der Waals surface area contributed by atoms with E-state index in [0.717, 1.165) is 23.8 Å². The summed E-state index contributed by atoms with van der Waals surface area (Å²) in [6, 6.07) is 2.55. The summed E-state index contributed by atoms with van der Waals surface area (Å²) in [6.45, 7) is 0.797. The first-order valence-corrected chi connectivity index (χ1v) is 9.25. The van der Waals surface area contributed by atoms with Crippen LogP contribution in [0.2, 0.25) is 0 Å². The van der Waals surface area contributed by atoms with Gasteiger partial charge in [-0.2, -0.15) is 0 Å². The van der Waals surface area contributed by atoms with Crippen LogP contribution in [0.3, 0.4) is 0 Å². The van der Waals surface area contributed by atoms with Crippen molar-refractivity contribution in [1.29, 1.82) is 0 Å². The maximum Gasteiger partial charge on any atom is 0.329 e. The predicted molar refractivity (Wildman–Crippen MR) is 95.0 cm³/mol. The SMILES string of the molecule is COc1ccc(C(=O)COC(=O)[C@H](C)N2C(=O)C3CCCCC3C2=O)cc1F. The lowest BCUT2D eigenvalue weighted by molar-refractivity contribution is -0.157. The van der Waals surface area contributed by atoms with E-state index in [9.17, 15) is 23.6 Å². The second kappa shape index (κ2) is 8.08. The van der Waals surface area contributed by atoms with Crippen LogP contribution in [0.15, 0.2) is 18.2 Å². The van der Waals surface area contributed by atoms with Gasteiger partial charge < -0.3 is 9.47 Å². The molecular formula is C20H22FNO6. The molecule has 7 nitrogen and oxygen atoms in total. The number of benzene rings is 1. The van der Waals surface area contributed by atoms with E-state index in [1.54, 1.807) is 0 Å². The molecule has 0 bridgehead atoms. The molecule has 1 aliphatic carbocycles. The highest BCUT2D eigenvalue weighted by Crippen LogP contribution is 2.38. The molecule has 2 amide bonds. The van der Waals surface area contributed by atoms with Crippen molar-refractivity contribution in [2.45, 2.75) is 38.6 Å². The number of ether oxygens (including phenoxy) is 2. The van der Waals surface area contributed by atoms with Crippen molar-refractivity contribution in [3.63, 3.8) is 0 Å². The van der Waals surface area contributed by atoms with Gasteiger partial charge in [0, 0.05) is 5.56 Å². The van der Waals surface area contributed by atoms with E-state index in [1.807, 2.05) is 0 Å². The highest BCUT2D eigenvalue weighted by atomic mass is 19.1. The molecule has 150 valence electrons. The van der Waals surface area contributed by atoms with E-state index < -0.39 is 30.2 Å². The largest absolute Gasteiger partial charge is 0.494 e. The fourth-order valence-electron chi connectivity index (χ4n) is 3.86. The van der Waals surface area contributed by atoms with Crippen LogP contribution < -0.4 is 4.74 Å². The minimum atomic E-state index is -1.11. The quantitative estimate of drug-likeness (QED) is 0.419. The fourth-order valence-corrected chi connectivity index (χ4v) is 3.86. The molecule has 3 atom stereocenters. The van der Waals surface area contributed by atoms with Crippen LogP contribution in [0.1, 0.15) is 43.0 Å². The third kappa shape index (κ3) is 3.63. The van der Waals surface area contributed by atoms with Crippen LogP contribution in [-0.2, 0) is 19.1 Å². The van der Waals surface area contributed by atoms with Gasteiger partial charge in [0.1, 0.15) is 6.04 Å². The lowest BCUT2D eigenvalue weighted by atomic mass is 9.81. The number of likely N-dealkylation sites (tertiary alicyclic amines) is 1. The topological polar surface area (TPSA) is 90.0 Å². The molecule has 1 aliphatic heterocycles.